The molecule has 6 rings (SSSR count). The average Bonchev–Trinajstić information content (AvgIpc) is 3.07. The normalized spacial score (nSPS) is 14.4. The number of aromatic hydroxyl groups is 1. The van der Waals surface area contributed by atoms with E-state index < -0.39 is 0 Å². The number of halogens is 1. The molecule has 174 valence electrons. The first-order valence-electron chi connectivity index (χ1n) is 11.5. The summed E-state index contributed by atoms with van der Waals surface area (Å²) in [6.07, 6.45) is 9.90. The van der Waals surface area contributed by atoms with Gasteiger partial charge in [0.1, 0.15) is 5.82 Å². The van der Waals surface area contributed by atoms with Gasteiger partial charge in [-0.1, -0.05) is 6.07 Å². The number of H-pyrrole nitrogens is 1. The van der Waals surface area contributed by atoms with Crippen molar-refractivity contribution in [3.8, 4) is 17.1 Å². The van der Waals surface area contributed by atoms with Gasteiger partial charge in [0.15, 0.2) is 5.88 Å². The van der Waals surface area contributed by atoms with Crippen LogP contribution in [0, 0.1) is 12.7 Å². The predicted octanol–water partition coefficient (Wildman–Crippen LogP) is 3.10. The monoisotopic (exact) mass is 465 g/mol. The first-order valence-corrected chi connectivity index (χ1v) is 11.5. The molecular formula is C28H24FN5O. The van der Waals surface area contributed by atoms with E-state index in [-0.39, 0.29) is 11.7 Å². The molecule has 0 saturated heterocycles. The van der Waals surface area contributed by atoms with Gasteiger partial charge in [0.2, 0.25) is 0 Å². The quantitative estimate of drug-likeness (QED) is 0.489. The van der Waals surface area contributed by atoms with Crippen LogP contribution in [0.4, 0.5) is 10.1 Å². The predicted molar refractivity (Wildman–Crippen MR) is 135 cm³/mol. The van der Waals surface area contributed by atoms with Gasteiger partial charge >= 0.3 is 0 Å². The molecule has 0 radical (unpaired) electrons. The van der Waals surface area contributed by atoms with Gasteiger partial charge in [0, 0.05) is 47.8 Å². The molecule has 2 N–H and O–H groups in total. The number of nitrogens with one attached hydrogen (secondary N) is 1. The van der Waals surface area contributed by atoms with Crippen molar-refractivity contribution in [3.63, 3.8) is 0 Å². The summed E-state index contributed by atoms with van der Waals surface area (Å²) in [6, 6.07) is 12.4. The van der Waals surface area contributed by atoms with Crippen LogP contribution in [0.1, 0.15) is 16.8 Å². The number of nitrogens with zero attached hydrogens (tertiary/aromatic N) is 4. The second-order valence-corrected chi connectivity index (χ2v) is 8.80. The number of pyridine rings is 2. The van der Waals surface area contributed by atoms with Crippen molar-refractivity contribution < 1.29 is 9.50 Å². The van der Waals surface area contributed by atoms with Crippen molar-refractivity contribution in [1.82, 2.24) is 14.5 Å². The highest BCUT2D eigenvalue weighted by Crippen LogP contribution is 2.31. The molecule has 7 heteroatoms. The summed E-state index contributed by atoms with van der Waals surface area (Å²) < 4.78 is 15.6. The number of aromatic nitrogens is 3. The fourth-order valence-corrected chi connectivity index (χ4v) is 4.89. The largest absolute Gasteiger partial charge is 0.494 e. The van der Waals surface area contributed by atoms with Crippen molar-refractivity contribution in [2.45, 2.75) is 13.5 Å². The number of benzene rings is 1. The minimum Gasteiger partial charge on any atom is -0.494 e. The maximum absolute atomic E-state index is 13.6. The van der Waals surface area contributed by atoms with Crippen LogP contribution in [0.3, 0.4) is 0 Å². The van der Waals surface area contributed by atoms with Gasteiger partial charge in [-0.25, -0.2) is 4.39 Å². The molecule has 0 atom stereocenters. The summed E-state index contributed by atoms with van der Waals surface area (Å²) in [5.74, 6) is -0.159. The smallest absolute Gasteiger partial charge is 0.199 e. The summed E-state index contributed by atoms with van der Waals surface area (Å²) in [5, 5.41) is 13.7. The van der Waals surface area contributed by atoms with Gasteiger partial charge in [-0.15, -0.1) is 0 Å². The Labute approximate surface area is 201 Å². The molecular weight excluding hydrogens is 441 g/mol. The third-order valence-corrected chi connectivity index (χ3v) is 6.67. The zero-order valence-electron chi connectivity index (χ0n) is 19.5. The van der Waals surface area contributed by atoms with Gasteiger partial charge in [-0.3, -0.25) is 9.98 Å². The van der Waals surface area contributed by atoms with Crippen molar-refractivity contribution >= 4 is 23.5 Å². The van der Waals surface area contributed by atoms with E-state index in [1.807, 2.05) is 49.0 Å². The Morgan fingerprint density at radius 2 is 1.97 bits per heavy atom. The molecule has 4 heterocycles. The van der Waals surface area contributed by atoms with Crippen LogP contribution in [0.2, 0.25) is 0 Å². The van der Waals surface area contributed by atoms with Gasteiger partial charge < -0.3 is 19.6 Å². The number of hydrogen-bond acceptors (Lipinski definition) is 4. The zero-order chi connectivity index (χ0) is 24.1. The number of rotatable bonds is 3. The number of anilines is 1. The van der Waals surface area contributed by atoms with Crippen LogP contribution in [0.15, 0.2) is 65.9 Å². The summed E-state index contributed by atoms with van der Waals surface area (Å²) in [5.41, 5.74) is 6.37. The van der Waals surface area contributed by atoms with E-state index in [1.165, 1.54) is 12.1 Å². The molecule has 1 aliphatic carbocycles. The molecule has 35 heavy (non-hydrogen) atoms. The molecule has 2 aliphatic rings. The van der Waals surface area contributed by atoms with Crippen molar-refractivity contribution in [2.24, 2.45) is 12.0 Å². The summed E-state index contributed by atoms with van der Waals surface area (Å²) in [4.78, 5) is 14.7. The van der Waals surface area contributed by atoms with E-state index in [2.05, 4.69) is 27.0 Å². The molecule has 4 aromatic rings. The lowest BCUT2D eigenvalue weighted by atomic mass is 10.1. The van der Waals surface area contributed by atoms with Crippen LogP contribution in [-0.2, 0) is 13.6 Å². The third-order valence-electron chi connectivity index (χ3n) is 6.67. The fraction of sp³-hybridized carbons (Fsp3) is 0.143. The molecule has 1 aromatic carbocycles. The molecule has 0 fully saturated rings. The number of hydrogen-bond donors (Lipinski definition) is 2. The highest BCUT2D eigenvalue weighted by molar-refractivity contribution is 5.90. The third kappa shape index (κ3) is 3.47. The Morgan fingerprint density at radius 1 is 1.14 bits per heavy atom. The second kappa shape index (κ2) is 8.13. The first-order chi connectivity index (χ1) is 17.0. The van der Waals surface area contributed by atoms with Crippen molar-refractivity contribution in [3.05, 3.63) is 99.5 Å². The van der Waals surface area contributed by atoms with Crippen molar-refractivity contribution in [2.75, 3.05) is 11.4 Å². The lowest BCUT2D eigenvalue weighted by Gasteiger charge is -2.26. The van der Waals surface area contributed by atoms with E-state index in [9.17, 15) is 9.50 Å². The lowest BCUT2D eigenvalue weighted by molar-refractivity contribution is 0.457. The molecule has 0 saturated carbocycles. The van der Waals surface area contributed by atoms with E-state index in [1.54, 1.807) is 18.3 Å². The van der Waals surface area contributed by atoms with Crippen molar-refractivity contribution in [1.29, 1.82) is 0 Å². The number of fused-ring (bicyclic) bond motifs is 2. The molecule has 0 bridgehead atoms. The topological polar surface area (TPSA) is 69.4 Å². The zero-order valence-corrected chi connectivity index (χ0v) is 19.5. The van der Waals surface area contributed by atoms with Crippen LogP contribution in [0.5, 0.6) is 5.88 Å². The maximum Gasteiger partial charge on any atom is 0.199 e. The van der Waals surface area contributed by atoms with E-state index in [0.717, 1.165) is 55.4 Å². The highest BCUT2D eigenvalue weighted by Gasteiger charge is 2.25. The fourth-order valence-electron chi connectivity index (χ4n) is 4.89. The second-order valence-electron chi connectivity index (χ2n) is 8.80. The Hall–Kier alpha value is -4.39. The Bertz CT molecular complexity index is 1690. The van der Waals surface area contributed by atoms with E-state index >= 15 is 0 Å². The van der Waals surface area contributed by atoms with Crippen LogP contribution < -0.4 is 20.8 Å². The molecule has 0 unspecified atom stereocenters. The Balaban J connectivity index is 1.57. The van der Waals surface area contributed by atoms with Gasteiger partial charge in [0.05, 0.1) is 34.6 Å². The number of aromatic amines is 1. The summed E-state index contributed by atoms with van der Waals surface area (Å²) in [7, 11) is 1.97. The maximum atomic E-state index is 13.6. The molecule has 6 nitrogen and oxygen atoms in total. The van der Waals surface area contributed by atoms with Crippen LogP contribution in [0.25, 0.3) is 29.1 Å². The standard InChI is InChI=1S/C28H24FN5O/c1-17-4-3-13-30-23(17)16-31-21-11-14-33(2)27-20(21)9-10-24-25-22(32-28(35)26(25)27)12-15-34(24)19-7-5-18(29)6-8-19/h3-14,32,35H,15-16H2,1-2H3. The minimum atomic E-state index is -0.273. The number of aryl methyl sites for hydroxylation is 2. The SMILES string of the molecule is Cc1cccnc1CN=c1ccn(C)c2c1C=CC1=c3c-2c(O)[nH]c3=CCN1c1ccc(F)cc1. The van der Waals surface area contributed by atoms with E-state index in [0.29, 0.717) is 13.1 Å². The van der Waals surface area contributed by atoms with Gasteiger partial charge in [-0.2, -0.15) is 0 Å². The Kier molecular flexibility index (Phi) is 4.91. The first kappa shape index (κ1) is 21.2. The minimum absolute atomic E-state index is 0.114. The summed E-state index contributed by atoms with van der Waals surface area (Å²) >= 11 is 0. The van der Waals surface area contributed by atoms with Gasteiger partial charge in [0.25, 0.3) is 0 Å². The lowest BCUT2D eigenvalue weighted by Crippen LogP contribution is -2.39. The molecule has 0 amide bonds. The molecule has 0 spiro atoms. The average molecular weight is 466 g/mol. The van der Waals surface area contributed by atoms with E-state index in [4.69, 9.17) is 4.99 Å². The van der Waals surface area contributed by atoms with Crippen LogP contribution in [-0.4, -0.2) is 26.2 Å². The Morgan fingerprint density at radius 3 is 2.77 bits per heavy atom. The highest BCUT2D eigenvalue weighted by atomic mass is 19.1. The van der Waals surface area contributed by atoms with Gasteiger partial charge in [-0.05, 0) is 67.1 Å². The summed E-state index contributed by atoms with van der Waals surface area (Å²) in [6.45, 7) is 3.09. The van der Waals surface area contributed by atoms with Crippen LogP contribution >= 0.6 is 0 Å². The molecule has 1 aliphatic heterocycles. The molecule has 3 aromatic heterocycles.